The van der Waals surface area contributed by atoms with Crippen LogP contribution in [0.3, 0.4) is 0 Å². The van der Waals surface area contributed by atoms with Crippen molar-refractivity contribution in [3.05, 3.63) is 10.5 Å². The number of esters is 1. The van der Waals surface area contributed by atoms with Crippen LogP contribution in [0.4, 0.5) is 0 Å². The minimum Gasteiger partial charge on any atom is -0.462 e. The van der Waals surface area contributed by atoms with Crippen LogP contribution in [0.1, 0.15) is 26.7 Å². The third kappa shape index (κ3) is 2.54. The molecule has 0 aromatic carbocycles. The first-order chi connectivity index (χ1) is 8.11. The van der Waals surface area contributed by atoms with Crippen molar-refractivity contribution in [3.8, 4) is 0 Å². The van der Waals surface area contributed by atoms with Gasteiger partial charge in [0.05, 0.1) is 0 Å². The molecule has 94 valence electrons. The van der Waals surface area contributed by atoms with Crippen LogP contribution < -0.4 is 5.69 Å². The van der Waals surface area contributed by atoms with E-state index in [1.165, 1.54) is 11.8 Å². The SMILES string of the molecule is CCCn1c(S[C@H]2C[C@@H](C)OC2=O)n[nH]c1=O. The van der Waals surface area contributed by atoms with Gasteiger partial charge < -0.3 is 4.74 Å². The van der Waals surface area contributed by atoms with Gasteiger partial charge in [-0.3, -0.25) is 9.36 Å². The topological polar surface area (TPSA) is 77.0 Å². The summed E-state index contributed by atoms with van der Waals surface area (Å²) in [6.45, 7) is 4.46. The first kappa shape index (κ1) is 12.2. The lowest BCUT2D eigenvalue weighted by Gasteiger charge is -2.05. The molecule has 7 heteroatoms. The van der Waals surface area contributed by atoms with Crippen molar-refractivity contribution in [2.24, 2.45) is 0 Å². The van der Waals surface area contributed by atoms with E-state index in [1.54, 1.807) is 4.57 Å². The Balaban J connectivity index is 2.13. The number of thioether (sulfide) groups is 1. The minimum atomic E-state index is -0.254. The zero-order valence-corrected chi connectivity index (χ0v) is 10.6. The van der Waals surface area contributed by atoms with Gasteiger partial charge in [0.15, 0.2) is 5.16 Å². The third-order valence-electron chi connectivity index (χ3n) is 2.54. The van der Waals surface area contributed by atoms with Gasteiger partial charge in [-0.15, -0.1) is 5.10 Å². The Morgan fingerprint density at radius 1 is 1.59 bits per heavy atom. The lowest BCUT2D eigenvalue weighted by atomic mass is 10.3. The lowest BCUT2D eigenvalue weighted by molar-refractivity contribution is -0.140. The van der Waals surface area contributed by atoms with Gasteiger partial charge in [0.25, 0.3) is 0 Å². The van der Waals surface area contributed by atoms with E-state index in [0.717, 1.165) is 6.42 Å². The first-order valence-electron chi connectivity index (χ1n) is 5.64. The van der Waals surface area contributed by atoms with E-state index in [1.807, 2.05) is 13.8 Å². The number of aromatic nitrogens is 3. The second kappa shape index (κ2) is 4.95. The summed E-state index contributed by atoms with van der Waals surface area (Å²) in [6.07, 6.45) is 1.46. The van der Waals surface area contributed by atoms with Crippen LogP contribution in [0.2, 0.25) is 0 Å². The molecule has 0 radical (unpaired) electrons. The van der Waals surface area contributed by atoms with Crippen LogP contribution in [0.5, 0.6) is 0 Å². The van der Waals surface area contributed by atoms with Gasteiger partial charge in [0.1, 0.15) is 11.4 Å². The second-order valence-electron chi connectivity index (χ2n) is 4.05. The van der Waals surface area contributed by atoms with Gasteiger partial charge in [-0.2, -0.15) is 0 Å². The molecule has 1 N–H and O–H groups in total. The van der Waals surface area contributed by atoms with E-state index in [2.05, 4.69) is 10.2 Å². The van der Waals surface area contributed by atoms with Gasteiger partial charge in [-0.25, -0.2) is 9.89 Å². The molecule has 1 aromatic heterocycles. The molecular formula is C10H15N3O3S. The normalized spacial score (nSPS) is 24.0. The number of carbonyl (C=O) groups excluding carboxylic acids is 1. The van der Waals surface area contributed by atoms with Crippen molar-refractivity contribution in [2.45, 2.75) is 49.7 Å². The van der Waals surface area contributed by atoms with E-state index in [4.69, 9.17) is 4.74 Å². The summed E-state index contributed by atoms with van der Waals surface area (Å²) >= 11 is 1.30. The number of nitrogens with zero attached hydrogens (tertiary/aromatic N) is 2. The summed E-state index contributed by atoms with van der Waals surface area (Å²) in [4.78, 5) is 23.0. The Hall–Kier alpha value is -1.24. The molecule has 17 heavy (non-hydrogen) atoms. The summed E-state index contributed by atoms with van der Waals surface area (Å²) in [5.41, 5.74) is -0.228. The first-order valence-corrected chi connectivity index (χ1v) is 6.52. The number of aromatic amines is 1. The maximum atomic E-state index is 11.5. The molecule has 1 aliphatic heterocycles. The quantitative estimate of drug-likeness (QED) is 0.806. The van der Waals surface area contributed by atoms with Crippen LogP contribution in [0.15, 0.2) is 9.95 Å². The van der Waals surface area contributed by atoms with Gasteiger partial charge in [-0.05, 0) is 13.3 Å². The molecule has 2 rings (SSSR count). The molecule has 0 aliphatic carbocycles. The number of nitrogens with one attached hydrogen (secondary N) is 1. The molecule has 1 fully saturated rings. The highest BCUT2D eigenvalue weighted by atomic mass is 32.2. The van der Waals surface area contributed by atoms with Crippen LogP contribution in [-0.4, -0.2) is 32.1 Å². The van der Waals surface area contributed by atoms with Crippen LogP contribution in [-0.2, 0) is 16.1 Å². The molecule has 2 heterocycles. The van der Waals surface area contributed by atoms with Gasteiger partial charge in [0, 0.05) is 13.0 Å². The van der Waals surface area contributed by atoms with Crippen molar-refractivity contribution < 1.29 is 9.53 Å². The highest BCUT2D eigenvalue weighted by Gasteiger charge is 2.34. The average molecular weight is 257 g/mol. The van der Waals surface area contributed by atoms with Crippen LogP contribution in [0, 0.1) is 0 Å². The second-order valence-corrected chi connectivity index (χ2v) is 5.22. The predicted octanol–water partition coefficient (Wildman–Crippen LogP) is 0.777. The Kier molecular flexibility index (Phi) is 3.56. The van der Waals surface area contributed by atoms with Crippen molar-refractivity contribution in [2.75, 3.05) is 0 Å². The fourth-order valence-corrected chi connectivity index (χ4v) is 2.93. The maximum absolute atomic E-state index is 11.5. The third-order valence-corrected chi connectivity index (χ3v) is 3.74. The van der Waals surface area contributed by atoms with Gasteiger partial charge >= 0.3 is 11.7 Å². The van der Waals surface area contributed by atoms with Crippen molar-refractivity contribution >= 4 is 17.7 Å². The Morgan fingerprint density at radius 2 is 2.35 bits per heavy atom. The number of rotatable bonds is 4. The fraction of sp³-hybridized carbons (Fsp3) is 0.700. The number of carbonyl (C=O) groups is 1. The van der Waals surface area contributed by atoms with E-state index in [0.29, 0.717) is 18.1 Å². The van der Waals surface area contributed by atoms with E-state index < -0.39 is 0 Å². The van der Waals surface area contributed by atoms with Crippen molar-refractivity contribution in [1.82, 2.24) is 14.8 Å². The monoisotopic (exact) mass is 257 g/mol. The lowest BCUT2D eigenvalue weighted by Crippen LogP contribution is -2.18. The van der Waals surface area contributed by atoms with Crippen LogP contribution >= 0.6 is 11.8 Å². The molecule has 0 saturated carbocycles. The highest BCUT2D eigenvalue weighted by molar-refractivity contribution is 8.00. The van der Waals surface area contributed by atoms with E-state index in [9.17, 15) is 9.59 Å². The number of hydrogen-bond acceptors (Lipinski definition) is 5. The van der Waals surface area contributed by atoms with Crippen molar-refractivity contribution in [1.29, 1.82) is 0 Å². The fourth-order valence-electron chi connectivity index (χ4n) is 1.76. The minimum absolute atomic E-state index is 0.0507. The van der Waals surface area contributed by atoms with E-state index >= 15 is 0 Å². The smallest absolute Gasteiger partial charge is 0.343 e. The summed E-state index contributed by atoms with van der Waals surface area (Å²) in [7, 11) is 0. The van der Waals surface area contributed by atoms with Crippen molar-refractivity contribution in [3.63, 3.8) is 0 Å². The zero-order chi connectivity index (χ0) is 12.4. The van der Waals surface area contributed by atoms with E-state index in [-0.39, 0.29) is 23.0 Å². The molecule has 1 saturated heterocycles. The summed E-state index contributed by atoms with van der Waals surface area (Å²) < 4.78 is 6.62. The number of H-pyrrole nitrogens is 1. The Bertz CT molecular complexity index is 468. The molecule has 0 spiro atoms. The number of ether oxygens (including phenoxy) is 1. The largest absolute Gasteiger partial charge is 0.462 e. The Labute approximate surface area is 103 Å². The molecule has 6 nitrogen and oxygen atoms in total. The van der Waals surface area contributed by atoms with Crippen LogP contribution in [0.25, 0.3) is 0 Å². The number of cyclic esters (lactones) is 1. The molecule has 1 aromatic rings. The molecular weight excluding hydrogens is 242 g/mol. The van der Waals surface area contributed by atoms with Gasteiger partial charge in [-0.1, -0.05) is 18.7 Å². The molecule has 1 aliphatic rings. The zero-order valence-electron chi connectivity index (χ0n) is 9.80. The molecule has 0 unspecified atom stereocenters. The highest BCUT2D eigenvalue weighted by Crippen LogP contribution is 2.30. The summed E-state index contributed by atoms with van der Waals surface area (Å²) in [5.74, 6) is -0.221. The summed E-state index contributed by atoms with van der Waals surface area (Å²) in [6, 6.07) is 0. The molecule has 0 bridgehead atoms. The summed E-state index contributed by atoms with van der Waals surface area (Å²) in [5, 5.41) is 6.65. The maximum Gasteiger partial charge on any atom is 0.343 e. The Morgan fingerprint density at radius 3 is 2.94 bits per heavy atom. The predicted molar refractivity (Wildman–Crippen MR) is 63.0 cm³/mol. The van der Waals surface area contributed by atoms with Gasteiger partial charge in [0.2, 0.25) is 0 Å². The average Bonchev–Trinajstić information content (AvgIpc) is 2.76. The molecule has 0 amide bonds. The molecule has 2 atom stereocenters. The number of hydrogen-bond donors (Lipinski definition) is 1. The standard InChI is InChI=1S/C10H15N3O3S/c1-3-4-13-9(15)11-12-10(13)17-7-5-6(2)16-8(7)14/h6-7H,3-5H2,1-2H3,(H,11,15)/t6-,7+/m1/s1.